The Hall–Kier alpha value is -1.76. The molecule has 0 saturated carbocycles. The lowest BCUT2D eigenvalue weighted by molar-refractivity contribution is 0.461. The van der Waals surface area contributed by atoms with Crippen molar-refractivity contribution in [2.75, 3.05) is 0 Å². The minimum atomic E-state index is 0.478. The lowest BCUT2D eigenvalue weighted by Crippen LogP contribution is -1.94. The molecule has 0 aromatic heterocycles. The molecule has 0 aliphatic carbocycles. The largest absolute Gasteiger partial charge is 0.507 e. The zero-order chi connectivity index (χ0) is 13.0. The van der Waals surface area contributed by atoms with Gasteiger partial charge in [0.25, 0.3) is 0 Å². The fraction of sp³-hybridized carbons (Fsp3) is 0.294. The molecule has 0 unspecified atom stereocenters. The highest BCUT2D eigenvalue weighted by Crippen LogP contribution is 2.27. The fourth-order valence-electron chi connectivity index (χ4n) is 2.34. The molecule has 0 aliphatic rings. The summed E-state index contributed by atoms with van der Waals surface area (Å²) < 4.78 is 0. The van der Waals surface area contributed by atoms with E-state index in [0.717, 1.165) is 30.4 Å². The van der Waals surface area contributed by atoms with E-state index < -0.39 is 0 Å². The average molecular weight is 240 g/mol. The second-order valence-electron chi connectivity index (χ2n) is 4.84. The number of benzene rings is 2. The molecule has 0 fully saturated rings. The van der Waals surface area contributed by atoms with Crippen molar-refractivity contribution in [3.63, 3.8) is 0 Å². The molecule has 0 bridgehead atoms. The highest BCUT2D eigenvalue weighted by molar-refractivity contribution is 5.45. The molecule has 94 valence electrons. The Morgan fingerprint density at radius 3 is 2.33 bits per heavy atom. The van der Waals surface area contributed by atoms with Gasteiger partial charge in [-0.15, -0.1) is 0 Å². The molecule has 0 amide bonds. The SMILES string of the molecule is CCCc1cc(C)cc(Cc2ccccc2)c1O. The highest BCUT2D eigenvalue weighted by atomic mass is 16.3. The lowest BCUT2D eigenvalue weighted by atomic mass is 9.97. The smallest absolute Gasteiger partial charge is 0.122 e. The first-order valence-electron chi connectivity index (χ1n) is 6.56. The van der Waals surface area contributed by atoms with E-state index in [0.29, 0.717) is 5.75 Å². The molecule has 0 atom stereocenters. The summed E-state index contributed by atoms with van der Waals surface area (Å²) in [4.78, 5) is 0. The molecule has 2 rings (SSSR count). The maximum Gasteiger partial charge on any atom is 0.122 e. The van der Waals surface area contributed by atoms with E-state index in [9.17, 15) is 5.11 Å². The zero-order valence-electron chi connectivity index (χ0n) is 11.1. The second kappa shape index (κ2) is 5.72. The Bertz CT molecular complexity index is 515. The molecule has 0 radical (unpaired) electrons. The Kier molecular flexibility index (Phi) is 4.03. The van der Waals surface area contributed by atoms with Crippen LogP contribution in [0.1, 0.15) is 35.6 Å². The number of hydrogen-bond donors (Lipinski definition) is 1. The molecule has 2 aromatic carbocycles. The molecule has 0 spiro atoms. The monoisotopic (exact) mass is 240 g/mol. The van der Waals surface area contributed by atoms with Gasteiger partial charge in [-0.1, -0.05) is 61.4 Å². The van der Waals surface area contributed by atoms with Crippen LogP contribution in [0.15, 0.2) is 42.5 Å². The van der Waals surface area contributed by atoms with Gasteiger partial charge in [0, 0.05) is 6.42 Å². The topological polar surface area (TPSA) is 20.2 Å². The van der Waals surface area contributed by atoms with Crippen molar-refractivity contribution in [3.05, 3.63) is 64.7 Å². The molecule has 1 heteroatoms. The number of phenolic OH excluding ortho intramolecular Hbond substituents is 1. The third-order valence-corrected chi connectivity index (χ3v) is 3.17. The first kappa shape index (κ1) is 12.7. The number of rotatable bonds is 4. The first-order valence-corrected chi connectivity index (χ1v) is 6.56. The molecular formula is C17H20O. The van der Waals surface area contributed by atoms with E-state index >= 15 is 0 Å². The maximum atomic E-state index is 10.3. The van der Waals surface area contributed by atoms with E-state index in [1.807, 2.05) is 18.2 Å². The molecule has 1 nitrogen and oxygen atoms in total. The van der Waals surface area contributed by atoms with Crippen LogP contribution in [0, 0.1) is 6.92 Å². The normalized spacial score (nSPS) is 10.6. The van der Waals surface area contributed by atoms with Crippen molar-refractivity contribution in [2.45, 2.75) is 33.1 Å². The van der Waals surface area contributed by atoms with Gasteiger partial charge in [0.2, 0.25) is 0 Å². The van der Waals surface area contributed by atoms with Crippen LogP contribution >= 0.6 is 0 Å². The molecule has 1 N–H and O–H groups in total. The molecule has 0 heterocycles. The predicted octanol–water partition coefficient (Wildman–Crippen LogP) is 4.24. The summed E-state index contributed by atoms with van der Waals surface area (Å²) in [5, 5.41) is 10.3. The van der Waals surface area contributed by atoms with Crippen LogP contribution in [-0.4, -0.2) is 5.11 Å². The molecule has 0 saturated heterocycles. The third-order valence-electron chi connectivity index (χ3n) is 3.17. The van der Waals surface area contributed by atoms with Crippen molar-refractivity contribution in [2.24, 2.45) is 0 Å². The third kappa shape index (κ3) is 2.92. The Morgan fingerprint density at radius 1 is 1.00 bits per heavy atom. The van der Waals surface area contributed by atoms with E-state index in [2.05, 4.69) is 38.1 Å². The van der Waals surface area contributed by atoms with Crippen molar-refractivity contribution in [3.8, 4) is 5.75 Å². The van der Waals surface area contributed by atoms with Crippen LogP contribution in [0.25, 0.3) is 0 Å². The van der Waals surface area contributed by atoms with Crippen LogP contribution in [0.2, 0.25) is 0 Å². The van der Waals surface area contributed by atoms with Crippen molar-refractivity contribution in [1.82, 2.24) is 0 Å². The van der Waals surface area contributed by atoms with Gasteiger partial charge < -0.3 is 5.11 Å². The summed E-state index contributed by atoms with van der Waals surface area (Å²) in [5.41, 5.74) is 4.57. The van der Waals surface area contributed by atoms with Crippen molar-refractivity contribution >= 4 is 0 Å². The minimum Gasteiger partial charge on any atom is -0.507 e. The summed E-state index contributed by atoms with van der Waals surface area (Å²) in [7, 11) is 0. The summed E-state index contributed by atoms with van der Waals surface area (Å²) in [6, 6.07) is 14.5. The Balaban J connectivity index is 2.33. The van der Waals surface area contributed by atoms with Crippen LogP contribution in [0.3, 0.4) is 0 Å². The minimum absolute atomic E-state index is 0.478. The van der Waals surface area contributed by atoms with Gasteiger partial charge in [0.05, 0.1) is 0 Å². The summed E-state index contributed by atoms with van der Waals surface area (Å²) in [5.74, 6) is 0.478. The molecular weight excluding hydrogens is 220 g/mol. The Labute approximate surface area is 109 Å². The number of aromatic hydroxyl groups is 1. The fourth-order valence-corrected chi connectivity index (χ4v) is 2.34. The first-order chi connectivity index (χ1) is 8.70. The van der Waals surface area contributed by atoms with E-state index in [1.165, 1.54) is 11.1 Å². The van der Waals surface area contributed by atoms with Gasteiger partial charge in [-0.3, -0.25) is 0 Å². The summed E-state index contributed by atoms with van der Waals surface area (Å²) in [6.07, 6.45) is 2.79. The van der Waals surface area contributed by atoms with Gasteiger partial charge >= 0.3 is 0 Å². The quantitative estimate of drug-likeness (QED) is 0.847. The molecule has 18 heavy (non-hydrogen) atoms. The molecule has 0 aliphatic heterocycles. The van der Waals surface area contributed by atoms with Gasteiger partial charge in [-0.05, 0) is 30.0 Å². The zero-order valence-corrected chi connectivity index (χ0v) is 11.1. The van der Waals surface area contributed by atoms with Gasteiger partial charge in [-0.25, -0.2) is 0 Å². The standard InChI is InChI=1S/C17H20O/c1-3-7-15-10-13(2)11-16(17(15)18)12-14-8-5-4-6-9-14/h4-6,8-11,18H,3,7,12H2,1-2H3. The van der Waals surface area contributed by atoms with E-state index in [4.69, 9.17) is 0 Å². The van der Waals surface area contributed by atoms with Crippen molar-refractivity contribution in [1.29, 1.82) is 0 Å². The van der Waals surface area contributed by atoms with Gasteiger partial charge in [-0.2, -0.15) is 0 Å². The number of hydrogen-bond acceptors (Lipinski definition) is 1. The van der Waals surface area contributed by atoms with Crippen LogP contribution in [0.4, 0.5) is 0 Å². The highest BCUT2D eigenvalue weighted by Gasteiger charge is 2.08. The van der Waals surface area contributed by atoms with E-state index in [-0.39, 0.29) is 0 Å². The molecule has 2 aromatic rings. The van der Waals surface area contributed by atoms with Crippen LogP contribution in [-0.2, 0) is 12.8 Å². The number of aryl methyl sites for hydroxylation is 2. The van der Waals surface area contributed by atoms with Gasteiger partial charge in [0.1, 0.15) is 5.75 Å². The summed E-state index contributed by atoms with van der Waals surface area (Å²) in [6.45, 7) is 4.23. The van der Waals surface area contributed by atoms with Crippen LogP contribution < -0.4 is 0 Å². The maximum absolute atomic E-state index is 10.3. The Morgan fingerprint density at radius 2 is 1.67 bits per heavy atom. The van der Waals surface area contributed by atoms with Crippen LogP contribution in [0.5, 0.6) is 5.75 Å². The lowest BCUT2D eigenvalue weighted by Gasteiger charge is -2.11. The average Bonchev–Trinajstić information content (AvgIpc) is 2.36. The van der Waals surface area contributed by atoms with E-state index in [1.54, 1.807) is 0 Å². The van der Waals surface area contributed by atoms with Gasteiger partial charge in [0.15, 0.2) is 0 Å². The predicted molar refractivity (Wildman–Crippen MR) is 76.1 cm³/mol. The second-order valence-corrected chi connectivity index (χ2v) is 4.84. The van der Waals surface area contributed by atoms with Crippen molar-refractivity contribution < 1.29 is 5.11 Å². The summed E-state index contributed by atoms with van der Waals surface area (Å²) >= 11 is 0. The number of phenols is 1.